The summed E-state index contributed by atoms with van der Waals surface area (Å²) < 4.78 is 0.489. The van der Waals surface area contributed by atoms with E-state index >= 15 is 0 Å². The van der Waals surface area contributed by atoms with E-state index < -0.39 is 10.5 Å². The molecule has 1 amide bonds. The molecule has 8 heteroatoms. The highest BCUT2D eigenvalue weighted by atomic mass is 79.9. The van der Waals surface area contributed by atoms with Crippen molar-refractivity contribution in [2.45, 2.75) is 32.2 Å². The summed E-state index contributed by atoms with van der Waals surface area (Å²) in [6.07, 6.45) is 1.39. The van der Waals surface area contributed by atoms with E-state index in [4.69, 9.17) is 5.73 Å². The summed E-state index contributed by atoms with van der Waals surface area (Å²) in [5, 5.41) is 13.7. The van der Waals surface area contributed by atoms with Gasteiger partial charge in [-0.2, -0.15) is 0 Å². The Labute approximate surface area is 138 Å². The van der Waals surface area contributed by atoms with Gasteiger partial charge < -0.3 is 11.1 Å². The van der Waals surface area contributed by atoms with Gasteiger partial charge in [-0.05, 0) is 18.9 Å². The maximum Gasteiger partial charge on any atom is 0.271 e. The number of nitro benzene ring substituents is 1. The third-order valence-electron chi connectivity index (χ3n) is 3.48. The fourth-order valence-electron chi connectivity index (χ4n) is 1.89. The van der Waals surface area contributed by atoms with Gasteiger partial charge >= 0.3 is 0 Å². The van der Waals surface area contributed by atoms with Crippen LogP contribution >= 0.6 is 28.3 Å². The van der Waals surface area contributed by atoms with Crippen LogP contribution in [0.4, 0.5) is 5.69 Å². The Kier molecular flexibility index (Phi) is 7.84. The molecule has 118 valence electrons. The molecule has 0 saturated heterocycles. The third-order valence-corrected chi connectivity index (χ3v) is 3.94. The Morgan fingerprint density at radius 1 is 1.38 bits per heavy atom. The van der Waals surface area contributed by atoms with Crippen LogP contribution in [0.1, 0.15) is 37.0 Å². The molecule has 0 bridgehead atoms. The molecule has 0 aliphatic carbocycles. The molecule has 0 saturated carbocycles. The molecule has 1 rings (SSSR count). The van der Waals surface area contributed by atoms with E-state index in [0.717, 1.165) is 0 Å². The molecule has 0 atom stereocenters. The Hall–Kier alpha value is -1.18. The van der Waals surface area contributed by atoms with Gasteiger partial charge in [-0.15, -0.1) is 12.4 Å². The molecule has 0 fully saturated rings. The molecular weight excluding hydrogens is 362 g/mol. The smallest absolute Gasteiger partial charge is 0.271 e. The van der Waals surface area contributed by atoms with Crippen molar-refractivity contribution in [1.82, 2.24) is 5.32 Å². The average molecular weight is 381 g/mol. The lowest BCUT2D eigenvalue weighted by Gasteiger charge is -2.31. The van der Waals surface area contributed by atoms with Crippen molar-refractivity contribution in [3.63, 3.8) is 0 Å². The minimum absolute atomic E-state index is 0. The number of nitrogens with zero attached hydrogens (tertiary/aromatic N) is 1. The van der Waals surface area contributed by atoms with E-state index in [1.54, 1.807) is 6.07 Å². The molecule has 1 aromatic carbocycles. The molecule has 0 heterocycles. The fraction of sp³-hybridized carbons (Fsp3) is 0.462. The number of amides is 1. The van der Waals surface area contributed by atoms with Crippen molar-refractivity contribution in [2.24, 2.45) is 5.73 Å². The maximum absolute atomic E-state index is 12.3. The summed E-state index contributed by atoms with van der Waals surface area (Å²) in [5.41, 5.74) is 5.37. The van der Waals surface area contributed by atoms with Crippen molar-refractivity contribution in [2.75, 3.05) is 6.54 Å². The number of hydrogen-bond donors (Lipinski definition) is 2. The third kappa shape index (κ3) is 4.94. The zero-order valence-corrected chi connectivity index (χ0v) is 14.3. The van der Waals surface area contributed by atoms with Gasteiger partial charge in [-0.25, -0.2) is 0 Å². The molecule has 0 aliphatic heterocycles. The van der Waals surface area contributed by atoms with E-state index in [1.807, 2.05) is 13.8 Å². The number of non-ortho nitro benzene ring substituents is 1. The van der Waals surface area contributed by atoms with Gasteiger partial charge in [0.1, 0.15) is 0 Å². The zero-order valence-electron chi connectivity index (χ0n) is 11.9. The average Bonchev–Trinajstić information content (AvgIpc) is 2.44. The van der Waals surface area contributed by atoms with Gasteiger partial charge in [-0.3, -0.25) is 14.9 Å². The van der Waals surface area contributed by atoms with Gasteiger partial charge in [0, 0.05) is 28.7 Å². The van der Waals surface area contributed by atoms with Gasteiger partial charge in [-0.1, -0.05) is 29.8 Å². The van der Waals surface area contributed by atoms with E-state index in [0.29, 0.717) is 23.9 Å². The molecule has 0 unspecified atom stereocenters. The summed E-state index contributed by atoms with van der Waals surface area (Å²) in [6.45, 7) is 4.21. The van der Waals surface area contributed by atoms with Gasteiger partial charge in [0.25, 0.3) is 11.6 Å². The molecule has 0 spiro atoms. The fourth-order valence-corrected chi connectivity index (χ4v) is 2.37. The number of halogens is 2. The Morgan fingerprint density at radius 2 is 1.95 bits per heavy atom. The first-order chi connectivity index (χ1) is 9.37. The highest BCUT2D eigenvalue weighted by Gasteiger charge is 2.27. The Balaban J connectivity index is 0.00000400. The zero-order chi connectivity index (χ0) is 15.3. The lowest BCUT2D eigenvalue weighted by Crippen LogP contribution is -2.52. The summed E-state index contributed by atoms with van der Waals surface area (Å²) >= 11 is 3.17. The van der Waals surface area contributed by atoms with Crippen LogP contribution in [0.5, 0.6) is 0 Å². The van der Waals surface area contributed by atoms with Crippen molar-refractivity contribution < 1.29 is 9.72 Å². The molecule has 0 radical (unpaired) electrons. The highest BCUT2D eigenvalue weighted by molar-refractivity contribution is 9.10. The maximum atomic E-state index is 12.3. The molecule has 6 nitrogen and oxygen atoms in total. The number of rotatable bonds is 6. The predicted octanol–water partition coefficient (Wildman–Crippen LogP) is 3.03. The van der Waals surface area contributed by atoms with Crippen molar-refractivity contribution >= 4 is 39.9 Å². The lowest BCUT2D eigenvalue weighted by atomic mass is 9.92. The number of nitrogens with one attached hydrogen (secondary N) is 1. The topological polar surface area (TPSA) is 98.3 Å². The number of hydrogen-bond acceptors (Lipinski definition) is 4. The molecule has 1 aromatic rings. The van der Waals surface area contributed by atoms with Crippen LogP contribution in [-0.4, -0.2) is 22.9 Å². The van der Waals surface area contributed by atoms with Crippen molar-refractivity contribution in [3.8, 4) is 0 Å². The number of carbonyl (C=O) groups is 1. The molecule has 0 aromatic heterocycles. The van der Waals surface area contributed by atoms with E-state index in [1.165, 1.54) is 12.1 Å². The second-order valence-corrected chi connectivity index (χ2v) is 5.52. The van der Waals surface area contributed by atoms with Crippen LogP contribution < -0.4 is 11.1 Å². The second kappa shape index (κ2) is 8.31. The summed E-state index contributed by atoms with van der Waals surface area (Å²) in [5.74, 6) is -0.358. The first kappa shape index (κ1) is 19.8. The summed E-state index contributed by atoms with van der Waals surface area (Å²) in [6, 6.07) is 4.16. The normalized spacial score (nSPS) is 10.7. The highest BCUT2D eigenvalue weighted by Crippen LogP contribution is 2.22. The molecule has 3 N–H and O–H groups in total. The Morgan fingerprint density at radius 3 is 2.38 bits per heavy atom. The SMILES string of the molecule is CCC(CC)(CN)NC(=O)c1cc(Br)cc([N+](=O)[O-])c1.Cl. The first-order valence-corrected chi connectivity index (χ1v) is 7.14. The summed E-state index contributed by atoms with van der Waals surface area (Å²) in [7, 11) is 0. The predicted molar refractivity (Wildman–Crippen MR) is 87.9 cm³/mol. The van der Waals surface area contributed by atoms with Gasteiger partial charge in [0.05, 0.1) is 10.5 Å². The molecule has 21 heavy (non-hydrogen) atoms. The Bertz CT molecular complexity index is 513. The van der Waals surface area contributed by atoms with Crippen molar-refractivity contribution in [3.05, 3.63) is 38.3 Å². The number of nitrogens with two attached hydrogens (primary N) is 1. The monoisotopic (exact) mass is 379 g/mol. The molecular formula is C13H19BrClN3O3. The van der Waals surface area contributed by atoms with E-state index in [-0.39, 0.29) is 29.6 Å². The minimum atomic E-state index is -0.530. The largest absolute Gasteiger partial charge is 0.345 e. The van der Waals surface area contributed by atoms with E-state index in [9.17, 15) is 14.9 Å². The number of carbonyl (C=O) groups excluding carboxylic acids is 1. The van der Waals surface area contributed by atoms with Gasteiger partial charge in [0.2, 0.25) is 0 Å². The van der Waals surface area contributed by atoms with Crippen LogP contribution in [0.25, 0.3) is 0 Å². The van der Waals surface area contributed by atoms with Crippen LogP contribution in [0.3, 0.4) is 0 Å². The molecule has 0 aliphatic rings. The van der Waals surface area contributed by atoms with Crippen LogP contribution in [0, 0.1) is 10.1 Å². The number of benzene rings is 1. The summed E-state index contributed by atoms with van der Waals surface area (Å²) in [4.78, 5) is 22.5. The van der Waals surface area contributed by atoms with E-state index in [2.05, 4.69) is 21.2 Å². The quantitative estimate of drug-likeness (QED) is 0.585. The second-order valence-electron chi connectivity index (χ2n) is 4.60. The van der Waals surface area contributed by atoms with Gasteiger partial charge in [0.15, 0.2) is 0 Å². The first-order valence-electron chi connectivity index (χ1n) is 6.35. The van der Waals surface area contributed by atoms with Crippen molar-refractivity contribution in [1.29, 1.82) is 0 Å². The van der Waals surface area contributed by atoms with Crippen LogP contribution in [0.2, 0.25) is 0 Å². The van der Waals surface area contributed by atoms with Crippen LogP contribution in [-0.2, 0) is 0 Å². The van der Waals surface area contributed by atoms with Crippen LogP contribution in [0.15, 0.2) is 22.7 Å². The number of nitro groups is 1. The standard InChI is InChI=1S/C13H18BrN3O3.ClH/c1-3-13(4-2,8-15)16-12(18)9-5-10(14)7-11(6-9)17(19)20;/h5-7H,3-4,8,15H2,1-2H3,(H,16,18);1H. The lowest BCUT2D eigenvalue weighted by molar-refractivity contribution is -0.385. The minimum Gasteiger partial charge on any atom is -0.345 e.